The van der Waals surface area contributed by atoms with Gasteiger partial charge in [0.1, 0.15) is 0 Å². The smallest absolute Gasteiger partial charge is 0.208 e. The Morgan fingerprint density at radius 3 is 2.32 bits per heavy atom. The van der Waals surface area contributed by atoms with E-state index in [0.29, 0.717) is 18.5 Å². The fourth-order valence-corrected chi connectivity index (χ4v) is 4.93. The van der Waals surface area contributed by atoms with Crippen LogP contribution in [0, 0.1) is 5.92 Å². The molecule has 1 atom stereocenters. The maximum atomic E-state index is 11.3. The van der Waals surface area contributed by atoms with Crippen LogP contribution in [0.5, 0.6) is 0 Å². The molecule has 0 saturated carbocycles. The SMILES string of the molecule is CC1(C)CC(N2CCCC(CNS(C)(=O)=O)C2)CC(C)(C)N1. The molecule has 5 nitrogen and oxygen atoms in total. The van der Waals surface area contributed by atoms with E-state index in [1.807, 2.05) is 0 Å². The molecule has 0 aromatic heterocycles. The van der Waals surface area contributed by atoms with E-state index in [1.54, 1.807) is 0 Å². The van der Waals surface area contributed by atoms with Crippen LogP contribution in [0.1, 0.15) is 53.4 Å². The summed E-state index contributed by atoms with van der Waals surface area (Å²) in [5, 5.41) is 3.74. The summed E-state index contributed by atoms with van der Waals surface area (Å²) in [6.45, 7) is 11.9. The van der Waals surface area contributed by atoms with Crippen LogP contribution in [0.4, 0.5) is 0 Å². The van der Waals surface area contributed by atoms with Crippen molar-refractivity contribution in [1.29, 1.82) is 0 Å². The molecule has 0 radical (unpaired) electrons. The van der Waals surface area contributed by atoms with Gasteiger partial charge < -0.3 is 5.32 Å². The van der Waals surface area contributed by atoms with Gasteiger partial charge in [0.05, 0.1) is 6.26 Å². The molecular formula is C16H33N3O2S. The highest BCUT2D eigenvalue weighted by Crippen LogP contribution is 2.33. The first-order valence-corrected chi connectivity index (χ1v) is 10.3. The summed E-state index contributed by atoms with van der Waals surface area (Å²) in [6.07, 6.45) is 5.84. The second-order valence-electron chi connectivity index (χ2n) is 8.58. The zero-order chi connectivity index (χ0) is 16.6. The van der Waals surface area contributed by atoms with E-state index in [9.17, 15) is 8.42 Å². The minimum Gasteiger partial charge on any atom is -0.307 e. The second-order valence-corrected chi connectivity index (χ2v) is 10.4. The van der Waals surface area contributed by atoms with Crippen LogP contribution < -0.4 is 10.0 Å². The molecule has 2 N–H and O–H groups in total. The Hall–Kier alpha value is -0.170. The lowest BCUT2D eigenvalue weighted by molar-refractivity contribution is 0.0402. The molecule has 0 aromatic rings. The summed E-state index contributed by atoms with van der Waals surface area (Å²) >= 11 is 0. The number of sulfonamides is 1. The minimum atomic E-state index is -3.08. The van der Waals surface area contributed by atoms with Gasteiger partial charge in [0.25, 0.3) is 0 Å². The van der Waals surface area contributed by atoms with E-state index in [4.69, 9.17) is 0 Å². The van der Waals surface area contributed by atoms with Gasteiger partial charge in [-0.25, -0.2) is 13.1 Å². The molecule has 0 aliphatic carbocycles. The Bertz CT molecular complexity index is 472. The van der Waals surface area contributed by atoms with Crippen LogP contribution in [-0.4, -0.2) is 56.3 Å². The van der Waals surface area contributed by atoms with Crippen molar-refractivity contribution in [2.24, 2.45) is 5.92 Å². The predicted octanol–water partition coefficient (Wildman–Crippen LogP) is 1.56. The summed E-state index contributed by atoms with van der Waals surface area (Å²) in [5.41, 5.74) is 0.314. The fourth-order valence-electron chi connectivity index (χ4n) is 4.39. The second kappa shape index (κ2) is 6.38. The van der Waals surface area contributed by atoms with Gasteiger partial charge in [-0.3, -0.25) is 4.90 Å². The monoisotopic (exact) mass is 331 g/mol. The van der Waals surface area contributed by atoms with Crippen molar-refractivity contribution in [2.75, 3.05) is 25.9 Å². The van der Waals surface area contributed by atoms with Crippen LogP contribution in [0.2, 0.25) is 0 Å². The molecule has 130 valence electrons. The lowest BCUT2D eigenvalue weighted by atomic mass is 9.78. The first-order chi connectivity index (χ1) is 9.96. The van der Waals surface area contributed by atoms with E-state index in [-0.39, 0.29) is 11.1 Å². The number of nitrogens with one attached hydrogen (secondary N) is 2. The molecule has 22 heavy (non-hydrogen) atoms. The van der Waals surface area contributed by atoms with Crippen LogP contribution in [0.3, 0.4) is 0 Å². The van der Waals surface area contributed by atoms with E-state index < -0.39 is 10.0 Å². The van der Waals surface area contributed by atoms with E-state index in [0.717, 1.165) is 32.4 Å². The number of rotatable bonds is 4. The van der Waals surface area contributed by atoms with Crippen molar-refractivity contribution < 1.29 is 8.42 Å². The van der Waals surface area contributed by atoms with Gasteiger partial charge in [0.2, 0.25) is 10.0 Å². The number of hydrogen-bond acceptors (Lipinski definition) is 4. The van der Waals surface area contributed by atoms with Gasteiger partial charge in [0, 0.05) is 30.2 Å². The molecule has 2 fully saturated rings. The molecule has 0 amide bonds. The molecule has 0 bridgehead atoms. The highest BCUT2D eigenvalue weighted by atomic mass is 32.2. The largest absolute Gasteiger partial charge is 0.307 e. The zero-order valence-corrected chi connectivity index (χ0v) is 15.6. The van der Waals surface area contributed by atoms with Crippen molar-refractivity contribution in [2.45, 2.75) is 70.5 Å². The van der Waals surface area contributed by atoms with Crippen molar-refractivity contribution >= 4 is 10.0 Å². The molecule has 2 rings (SSSR count). The van der Waals surface area contributed by atoms with Crippen molar-refractivity contribution in [3.63, 3.8) is 0 Å². The molecule has 2 saturated heterocycles. The summed E-state index contributed by atoms with van der Waals surface area (Å²) in [7, 11) is -3.08. The number of likely N-dealkylation sites (tertiary alicyclic amines) is 1. The summed E-state index contributed by atoms with van der Waals surface area (Å²) in [5.74, 6) is 0.435. The third kappa shape index (κ3) is 5.48. The molecule has 2 heterocycles. The van der Waals surface area contributed by atoms with Gasteiger partial charge in [-0.15, -0.1) is 0 Å². The van der Waals surface area contributed by atoms with Crippen LogP contribution in [0.15, 0.2) is 0 Å². The van der Waals surface area contributed by atoms with E-state index >= 15 is 0 Å². The van der Waals surface area contributed by atoms with Crippen molar-refractivity contribution in [3.8, 4) is 0 Å². The van der Waals surface area contributed by atoms with Crippen LogP contribution >= 0.6 is 0 Å². The Morgan fingerprint density at radius 1 is 1.18 bits per heavy atom. The van der Waals surface area contributed by atoms with Gasteiger partial charge >= 0.3 is 0 Å². The van der Waals surface area contributed by atoms with Crippen LogP contribution in [0.25, 0.3) is 0 Å². The fraction of sp³-hybridized carbons (Fsp3) is 1.00. The minimum absolute atomic E-state index is 0.157. The lowest BCUT2D eigenvalue weighted by Gasteiger charge is -2.51. The van der Waals surface area contributed by atoms with E-state index in [2.05, 4.69) is 42.6 Å². The first-order valence-electron chi connectivity index (χ1n) is 8.44. The van der Waals surface area contributed by atoms with Crippen LogP contribution in [-0.2, 0) is 10.0 Å². The lowest BCUT2D eigenvalue weighted by Crippen LogP contribution is -2.63. The Balaban J connectivity index is 1.96. The van der Waals surface area contributed by atoms with Crippen molar-refractivity contribution in [1.82, 2.24) is 14.9 Å². The van der Waals surface area contributed by atoms with E-state index in [1.165, 1.54) is 12.7 Å². The number of piperidine rings is 2. The third-order valence-electron chi connectivity index (χ3n) is 4.87. The number of hydrogen-bond donors (Lipinski definition) is 2. The molecule has 0 aromatic carbocycles. The van der Waals surface area contributed by atoms with Gasteiger partial charge in [-0.05, 0) is 65.8 Å². The number of nitrogens with zero attached hydrogens (tertiary/aromatic N) is 1. The average Bonchev–Trinajstić information content (AvgIpc) is 2.32. The highest BCUT2D eigenvalue weighted by molar-refractivity contribution is 7.88. The topological polar surface area (TPSA) is 61.4 Å². The summed E-state index contributed by atoms with van der Waals surface area (Å²) < 4.78 is 25.3. The average molecular weight is 332 g/mol. The van der Waals surface area contributed by atoms with Gasteiger partial charge in [-0.2, -0.15) is 0 Å². The molecule has 0 spiro atoms. The molecule has 6 heteroatoms. The maximum absolute atomic E-state index is 11.3. The van der Waals surface area contributed by atoms with Crippen molar-refractivity contribution in [3.05, 3.63) is 0 Å². The molecule has 1 unspecified atom stereocenters. The summed E-state index contributed by atoms with van der Waals surface area (Å²) in [4.78, 5) is 2.60. The Kier molecular flexibility index (Phi) is 5.27. The van der Waals surface area contributed by atoms with Gasteiger partial charge in [-0.1, -0.05) is 0 Å². The highest BCUT2D eigenvalue weighted by Gasteiger charge is 2.40. The maximum Gasteiger partial charge on any atom is 0.208 e. The Morgan fingerprint density at radius 2 is 1.77 bits per heavy atom. The molecule has 2 aliphatic heterocycles. The normalized spacial score (nSPS) is 30.3. The quantitative estimate of drug-likeness (QED) is 0.821. The molecule has 2 aliphatic rings. The summed E-state index contributed by atoms with van der Waals surface area (Å²) in [6, 6.07) is 0.590. The Labute approximate surface area is 136 Å². The third-order valence-corrected chi connectivity index (χ3v) is 5.56. The standard InChI is InChI=1S/C16H33N3O2S/c1-15(2)9-14(10-16(3,4)18-15)19-8-6-7-13(12-19)11-17-22(5,20)21/h13-14,17-18H,6-12H2,1-5H3. The molecular weight excluding hydrogens is 298 g/mol. The predicted molar refractivity (Wildman–Crippen MR) is 91.5 cm³/mol. The first kappa shape index (κ1) is 18.2. The van der Waals surface area contributed by atoms with Gasteiger partial charge in [0.15, 0.2) is 0 Å². The zero-order valence-electron chi connectivity index (χ0n) is 14.8.